The Morgan fingerprint density at radius 3 is 2.56 bits per heavy atom. The van der Waals surface area contributed by atoms with Crippen molar-refractivity contribution in [3.63, 3.8) is 0 Å². The van der Waals surface area contributed by atoms with E-state index in [0.29, 0.717) is 39.8 Å². The number of rotatable bonds is 4. The van der Waals surface area contributed by atoms with Crippen LogP contribution in [0.25, 0.3) is 11.3 Å². The number of carbonyl (C=O) groups excluding carboxylic acids is 2. The van der Waals surface area contributed by atoms with Crippen molar-refractivity contribution >= 4 is 41.7 Å². The second-order valence-corrected chi connectivity index (χ2v) is 8.23. The van der Waals surface area contributed by atoms with Crippen LogP contribution in [0.2, 0.25) is 5.02 Å². The molecule has 166 valence electrons. The van der Waals surface area contributed by atoms with Crippen LogP contribution >= 0.6 is 11.6 Å². The molecule has 1 aromatic heterocycles. The summed E-state index contributed by atoms with van der Waals surface area (Å²) in [5, 5.41) is 14.0. The molecule has 1 aliphatic rings. The van der Waals surface area contributed by atoms with Gasteiger partial charge in [-0.1, -0.05) is 17.7 Å². The number of anilines is 1. The maximum absolute atomic E-state index is 13.3. The fourth-order valence-electron chi connectivity index (χ4n) is 3.98. The number of aliphatic imine (C=N–C) groups is 1. The van der Waals surface area contributed by atoms with Gasteiger partial charge in [-0.05, 0) is 32.0 Å². The van der Waals surface area contributed by atoms with E-state index in [0.717, 1.165) is 0 Å². The van der Waals surface area contributed by atoms with E-state index < -0.39 is 5.54 Å². The molecule has 32 heavy (non-hydrogen) atoms. The Labute approximate surface area is 191 Å². The number of nitrogens with zero attached hydrogens (tertiary/aromatic N) is 6. The number of aromatic nitrogens is 1. The predicted octanol–water partition coefficient (Wildman–Crippen LogP) is 2.45. The predicted molar refractivity (Wildman–Crippen MR) is 125 cm³/mol. The van der Waals surface area contributed by atoms with Crippen molar-refractivity contribution in [2.24, 2.45) is 15.8 Å². The summed E-state index contributed by atoms with van der Waals surface area (Å²) in [5.41, 5.74) is 7.33. The van der Waals surface area contributed by atoms with Gasteiger partial charge >= 0.3 is 0 Å². The van der Waals surface area contributed by atoms with E-state index in [9.17, 15) is 14.9 Å². The minimum atomic E-state index is -1.04. The quantitative estimate of drug-likeness (QED) is 0.564. The van der Waals surface area contributed by atoms with E-state index in [-0.39, 0.29) is 24.2 Å². The van der Waals surface area contributed by atoms with Crippen LogP contribution in [0, 0.1) is 11.3 Å². The topological polar surface area (TPSA) is 120 Å². The lowest BCUT2D eigenvalue weighted by Gasteiger charge is -2.45. The number of carbonyl (C=O) groups is 2. The highest BCUT2D eigenvalue weighted by atomic mass is 35.5. The molecule has 1 aromatic carbocycles. The van der Waals surface area contributed by atoms with Crippen molar-refractivity contribution in [2.75, 3.05) is 25.0 Å². The highest BCUT2D eigenvalue weighted by Gasteiger charge is 2.44. The largest absolute Gasteiger partial charge is 0.382 e. The summed E-state index contributed by atoms with van der Waals surface area (Å²) in [6.45, 7) is 9.06. The van der Waals surface area contributed by atoms with Gasteiger partial charge in [0.1, 0.15) is 23.1 Å². The molecule has 2 aromatic rings. The second kappa shape index (κ2) is 8.48. The van der Waals surface area contributed by atoms with Gasteiger partial charge in [0.15, 0.2) is 0 Å². The van der Waals surface area contributed by atoms with Gasteiger partial charge in [-0.2, -0.15) is 10.4 Å². The first kappa shape index (κ1) is 23.0. The lowest BCUT2D eigenvalue weighted by Crippen LogP contribution is -2.64. The number of nitriles is 1. The van der Waals surface area contributed by atoms with E-state index in [1.165, 1.54) is 16.5 Å². The maximum Gasteiger partial charge on any atom is 0.252 e. The first-order valence-corrected chi connectivity index (χ1v) is 10.2. The van der Waals surface area contributed by atoms with Crippen LogP contribution in [0.5, 0.6) is 0 Å². The minimum Gasteiger partial charge on any atom is -0.382 e. The number of nitrogens with two attached hydrogens (primary N) is 1. The Morgan fingerprint density at radius 2 is 2.00 bits per heavy atom. The van der Waals surface area contributed by atoms with Crippen LogP contribution in [-0.2, 0) is 9.59 Å². The third kappa shape index (κ3) is 3.63. The Hall–Kier alpha value is -3.64. The summed E-state index contributed by atoms with van der Waals surface area (Å²) in [7, 11) is 1.54. The molecule has 10 heteroatoms. The molecule has 2 N–H and O–H groups in total. The van der Waals surface area contributed by atoms with Gasteiger partial charge in [0, 0.05) is 39.3 Å². The first-order chi connectivity index (χ1) is 15.1. The average molecular weight is 454 g/mol. The first-order valence-electron chi connectivity index (χ1n) is 9.84. The molecule has 3 rings (SSSR count). The van der Waals surface area contributed by atoms with Gasteiger partial charge in [0.25, 0.3) is 5.91 Å². The lowest BCUT2D eigenvalue weighted by atomic mass is 9.95. The minimum absolute atomic E-state index is 0.176. The third-order valence-electron chi connectivity index (χ3n) is 5.63. The molecule has 0 bridgehead atoms. The molecule has 0 radical (unpaired) electrons. The third-order valence-corrected chi connectivity index (χ3v) is 5.92. The molecular formula is C22H24ClN7O2. The number of hydrogen-bond acceptors (Lipinski definition) is 5. The summed E-state index contributed by atoms with van der Waals surface area (Å²) in [6.07, 6.45) is 0. The summed E-state index contributed by atoms with van der Waals surface area (Å²) in [5.74, 6) is -0.254. The van der Waals surface area contributed by atoms with Crippen molar-refractivity contribution in [1.82, 2.24) is 9.58 Å². The number of hydrogen-bond donors (Lipinski definition) is 1. The smallest absolute Gasteiger partial charge is 0.252 e. The SMILES string of the molecule is C=Nn1c(-c2ccc(C#N)c(N3CCN(C(C)=O)C(C)(C)C3=O)c2)cc(Cl)c1C(N)=NC. The number of benzene rings is 1. The van der Waals surface area contributed by atoms with E-state index in [4.69, 9.17) is 17.3 Å². The molecule has 9 nitrogen and oxygen atoms in total. The molecule has 2 amide bonds. The highest BCUT2D eigenvalue weighted by molar-refractivity contribution is 6.34. The average Bonchev–Trinajstić information content (AvgIpc) is 3.10. The van der Waals surface area contributed by atoms with E-state index in [2.05, 4.69) is 22.9 Å². The van der Waals surface area contributed by atoms with Crippen LogP contribution in [-0.4, -0.2) is 59.6 Å². The van der Waals surface area contributed by atoms with Crippen molar-refractivity contribution < 1.29 is 9.59 Å². The summed E-state index contributed by atoms with van der Waals surface area (Å²) in [4.78, 5) is 32.4. The van der Waals surface area contributed by atoms with Gasteiger partial charge in [0.2, 0.25) is 5.91 Å². The lowest BCUT2D eigenvalue weighted by molar-refractivity contribution is -0.145. The Morgan fingerprint density at radius 1 is 1.31 bits per heavy atom. The van der Waals surface area contributed by atoms with Gasteiger partial charge in [-0.15, -0.1) is 0 Å². The van der Waals surface area contributed by atoms with Crippen LogP contribution in [0.3, 0.4) is 0 Å². The zero-order valence-corrected chi connectivity index (χ0v) is 19.1. The number of piperazine rings is 1. The fraction of sp³-hybridized carbons (Fsp3) is 0.318. The standard InChI is InChI=1S/C22H24ClN7O2/c1-13(31)29-9-8-28(21(32)22(29,2)3)17-10-14(6-7-15(17)12-24)18-11-16(23)19(20(25)26-4)30(18)27-5/h6-7,10-11H,5,8-9H2,1-4H3,(H2,25,26). The molecule has 0 unspecified atom stereocenters. The zero-order chi connectivity index (χ0) is 23.8. The van der Waals surface area contributed by atoms with E-state index in [1.54, 1.807) is 50.1 Å². The van der Waals surface area contributed by atoms with Crippen molar-refractivity contribution in [1.29, 1.82) is 5.26 Å². The molecule has 0 spiro atoms. The van der Waals surface area contributed by atoms with Crippen LogP contribution in [0.15, 0.2) is 34.4 Å². The summed E-state index contributed by atoms with van der Waals surface area (Å²) in [6, 6.07) is 8.92. The molecule has 0 aliphatic carbocycles. The monoisotopic (exact) mass is 453 g/mol. The van der Waals surface area contributed by atoms with Crippen LogP contribution in [0.1, 0.15) is 32.0 Å². The Balaban J connectivity index is 2.15. The molecule has 0 saturated carbocycles. The zero-order valence-electron chi connectivity index (χ0n) is 18.4. The molecule has 1 aliphatic heterocycles. The molecule has 1 fully saturated rings. The van der Waals surface area contributed by atoms with Crippen molar-refractivity contribution in [2.45, 2.75) is 26.3 Å². The highest BCUT2D eigenvalue weighted by Crippen LogP contribution is 2.35. The molecule has 1 saturated heterocycles. The summed E-state index contributed by atoms with van der Waals surface area (Å²) < 4.78 is 1.47. The maximum atomic E-state index is 13.3. The Bertz CT molecular complexity index is 1190. The number of halogens is 1. The van der Waals surface area contributed by atoms with Crippen LogP contribution in [0.4, 0.5) is 5.69 Å². The van der Waals surface area contributed by atoms with Crippen molar-refractivity contribution in [3.8, 4) is 17.3 Å². The number of amides is 2. The van der Waals surface area contributed by atoms with E-state index >= 15 is 0 Å². The summed E-state index contributed by atoms with van der Waals surface area (Å²) >= 11 is 6.38. The van der Waals surface area contributed by atoms with Gasteiger partial charge in [-0.25, -0.2) is 4.68 Å². The molecular weight excluding hydrogens is 430 g/mol. The van der Waals surface area contributed by atoms with Crippen molar-refractivity contribution in [3.05, 3.63) is 40.5 Å². The van der Waals surface area contributed by atoms with Crippen LogP contribution < -0.4 is 10.6 Å². The second-order valence-electron chi connectivity index (χ2n) is 7.82. The van der Waals surface area contributed by atoms with Gasteiger partial charge in [0.05, 0.1) is 22.0 Å². The molecule has 2 heterocycles. The van der Waals surface area contributed by atoms with Gasteiger partial charge in [-0.3, -0.25) is 14.6 Å². The molecule has 0 atom stereocenters. The van der Waals surface area contributed by atoms with Gasteiger partial charge < -0.3 is 15.5 Å². The number of amidine groups is 1. The van der Waals surface area contributed by atoms with E-state index in [1.807, 2.05) is 0 Å². The fourth-order valence-corrected chi connectivity index (χ4v) is 4.26. The Kier molecular flexibility index (Phi) is 6.10. The normalized spacial score (nSPS) is 16.1.